The molecule has 1 unspecified atom stereocenters. The number of rotatable bonds is 3. The van der Waals surface area contributed by atoms with Crippen molar-refractivity contribution in [2.24, 2.45) is 0 Å². The van der Waals surface area contributed by atoms with Crippen molar-refractivity contribution in [3.05, 3.63) is 65.2 Å². The predicted molar refractivity (Wildman–Crippen MR) is 88.6 cm³/mol. The van der Waals surface area contributed by atoms with Gasteiger partial charge in [0.2, 0.25) is 10.0 Å². The quantitative estimate of drug-likeness (QED) is 0.812. The smallest absolute Gasteiger partial charge is 0.207 e. The number of hydrogen-bond donors (Lipinski definition) is 0. The van der Waals surface area contributed by atoms with Gasteiger partial charge in [-0.05, 0) is 24.1 Å². The van der Waals surface area contributed by atoms with Crippen molar-refractivity contribution < 1.29 is 21.6 Å². The summed E-state index contributed by atoms with van der Waals surface area (Å²) >= 11 is 0. The topological polar surface area (TPSA) is 37.4 Å². The highest BCUT2D eigenvalue weighted by Crippen LogP contribution is 2.40. The number of nitrogens with zero attached hydrogens (tertiary/aromatic N) is 1. The molecule has 0 aliphatic carbocycles. The van der Waals surface area contributed by atoms with Gasteiger partial charge in [-0.3, -0.25) is 0 Å². The van der Waals surface area contributed by atoms with Crippen LogP contribution < -0.4 is 0 Å². The third kappa shape index (κ3) is 3.88. The molecule has 0 aromatic heterocycles. The van der Waals surface area contributed by atoms with Crippen LogP contribution in [0.5, 0.6) is 0 Å². The van der Waals surface area contributed by atoms with E-state index >= 15 is 0 Å². The van der Waals surface area contributed by atoms with Crippen molar-refractivity contribution in [2.45, 2.75) is 36.9 Å². The fourth-order valence-electron chi connectivity index (χ4n) is 3.19. The van der Waals surface area contributed by atoms with Crippen LogP contribution in [-0.2, 0) is 16.6 Å². The van der Waals surface area contributed by atoms with Gasteiger partial charge in [0, 0.05) is 19.0 Å². The molecule has 1 heterocycles. The summed E-state index contributed by atoms with van der Waals surface area (Å²) in [4.78, 5) is -0.0190. The van der Waals surface area contributed by atoms with Gasteiger partial charge in [0.1, 0.15) is 0 Å². The molecule has 0 N–H and O–H groups in total. The van der Waals surface area contributed by atoms with Gasteiger partial charge < -0.3 is 0 Å². The lowest BCUT2D eigenvalue weighted by Gasteiger charge is -2.34. The van der Waals surface area contributed by atoms with Crippen molar-refractivity contribution in [3.8, 4) is 0 Å². The molecule has 2 aromatic carbocycles. The Morgan fingerprint density at radius 2 is 1.80 bits per heavy atom. The predicted octanol–water partition coefficient (Wildman–Crippen LogP) is 4.24. The maximum Gasteiger partial charge on any atom is 0.389 e. The van der Waals surface area contributed by atoms with Gasteiger partial charge in [0.25, 0.3) is 0 Å². The molecule has 0 saturated heterocycles. The average molecular weight is 369 g/mol. The first kappa shape index (κ1) is 17.9. The Kier molecular flexibility index (Phi) is 4.64. The van der Waals surface area contributed by atoms with Gasteiger partial charge >= 0.3 is 6.18 Å². The van der Waals surface area contributed by atoms with E-state index in [9.17, 15) is 21.6 Å². The molecule has 134 valence electrons. The Hall–Kier alpha value is -1.86. The maximum atomic E-state index is 13.0. The molecule has 1 atom stereocenters. The maximum absolute atomic E-state index is 13.0. The van der Waals surface area contributed by atoms with Crippen LogP contribution in [0.2, 0.25) is 0 Å². The second-order valence-corrected chi connectivity index (χ2v) is 8.25. The van der Waals surface area contributed by atoms with Gasteiger partial charge in [-0.2, -0.15) is 17.5 Å². The number of benzene rings is 2. The van der Waals surface area contributed by atoms with Crippen LogP contribution in [0.3, 0.4) is 0 Å². The molecule has 1 aliphatic heterocycles. The van der Waals surface area contributed by atoms with E-state index < -0.39 is 28.5 Å². The van der Waals surface area contributed by atoms with Crippen LogP contribution in [0.15, 0.2) is 53.4 Å². The zero-order valence-corrected chi connectivity index (χ0v) is 14.4. The molecule has 0 saturated carbocycles. The minimum Gasteiger partial charge on any atom is -0.207 e. The number of aryl methyl sites for hydroxylation is 1. The van der Waals surface area contributed by atoms with Gasteiger partial charge in [0.05, 0.1) is 11.3 Å². The molecule has 0 bridgehead atoms. The van der Waals surface area contributed by atoms with Crippen LogP contribution in [0.1, 0.15) is 29.0 Å². The van der Waals surface area contributed by atoms with Gasteiger partial charge in [-0.1, -0.05) is 48.0 Å². The molecule has 25 heavy (non-hydrogen) atoms. The molecular formula is C18H18F3NO2S. The number of halogens is 3. The lowest BCUT2D eigenvalue weighted by molar-refractivity contribution is -0.139. The number of fused-ring (bicyclic) bond motifs is 1. The van der Waals surface area contributed by atoms with Crippen molar-refractivity contribution in [1.82, 2.24) is 4.31 Å². The van der Waals surface area contributed by atoms with Crippen molar-refractivity contribution in [1.29, 1.82) is 0 Å². The summed E-state index contributed by atoms with van der Waals surface area (Å²) in [6.07, 6.45) is -5.39. The zero-order valence-electron chi connectivity index (χ0n) is 13.6. The van der Waals surface area contributed by atoms with E-state index in [4.69, 9.17) is 0 Å². The second kappa shape index (κ2) is 6.46. The SMILES string of the molecule is Cc1ccc2c(c1)C(CC(F)(F)F)CN(Cc1ccccc1)S2(=O)=O. The Labute approximate surface area is 145 Å². The van der Waals surface area contributed by atoms with Gasteiger partial charge in [0.15, 0.2) is 0 Å². The third-order valence-electron chi connectivity index (χ3n) is 4.33. The highest BCUT2D eigenvalue weighted by molar-refractivity contribution is 7.89. The highest BCUT2D eigenvalue weighted by Gasteiger charge is 2.41. The summed E-state index contributed by atoms with van der Waals surface area (Å²) in [6.45, 7) is 1.63. The molecule has 1 aliphatic rings. The van der Waals surface area contributed by atoms with Crippen molar-refractivity contribution in [3.63, 3.8) is 0 Å². The fourth-order valence-corrected chi connectivity index (χ4v) is 4.93. The first-order chi connectivity index (χ1) is 11.7. The van der Waals surface area contributed by atoms with Crippen LogP contribution in [0, 0.1) is 6.92 Å². The van der Waals surface area contributed by atoms with Crippen LogP contribution in [0.4, 0.5) is 13.2 Å². The lowest BCUT2D eigenvalue weighted by Crippen LogP contribution is -2.40. The summed E-state index contributed by atoms with van der Waals surface area (Å²) in [5.74, 6) is -0.901. The van der Waals surface area contributed by atoms with E-state index in [1.54, 1.807) is 49.4 Å². The van der Waals surface area contributed by atoms with E-state index in [0.29, 0.717) is 0 Å². The first-order valence-corrected chi connectivity index (χ1v) is 9.32. The standard InChI is InChI=1S/C18H18F3NO2S/c1-13-7-8-17-16(9-13)15(10-18(19,20)21)12-22(25(17,23)24)11-14-5-3-2-4-6-14/h2-9,15H,10-12H2,1H3. The normalized spacial score (nSPS) is 20.2. The average Bonchev–Trinajstić information content (AvgIpc) is 2.52. The molecule has 3 nitrogen and oxygen atoms in total. The Morgan fingerprint density at radius 3 is 2.44 bits per heavy atom. The monoisotopic (exact) mass is 369 g/mol. The van der Waals surface area contributed by atoms with E-state index in [2.05, 4.69) is 0 Å². The number of sulfonamides is 1. The fraction of sp³-hybridized carbons (Fsp3) is 0.333. The van der Waals surface area contributed by atoms with E-state index in [1.165, 1.54) is 6.07 Å². The Bertz CT molecular complexity index is 864. The molecule has 7 heteroatoms. The lowest BCUT2D eigenvalue weighted by atomic mass is 9.93. The Balaban J connectivity index is 2.03. The molecular weight excluding hydrogens is 351 g/mol. The summed E-state index contributed by atoms with van der Waals surface area (Å²) in [5, 5.41) is 0. The summed E-state index contributed by atoms with van der Waals surface area (Å²) in [5.41, 5.74) is 1.76. The van der Waals surface area contributed by atoms with Crippen molar-refractivity contribution in [2.75, 3.05) is 6.54 Å². The molecule has 0 radical (unpaired) electrons. The number of alkyl halides is 3. The van der Waals surface area contributed by atoms with Crippen LogP contribution in [0.25, 0.3) is 0 Å². The van der Waals surface area contributed by atoms with Crippen molar-refractivity contribution >= 4 is 10.0 Å². The Morgan fingerprint density at radius 1 is 1.12 bits per heavy atom. The zero-order chi connectivity index (χ0) is 18.2. The highest BCUT2D eigenvalue weighted by atomic mass is 32.2. The van der Waals surface area contributed by atoms with E-state index in [1.807, 2.05) is 0 Å². The number of hydrogen-bond acceptors (Lipinski definition) is 2. The van der Waals surface area contributed by atoms with E-state index in [0.717, 1.165) is 15.4 Å². The summed E-state index contributed by atoms with van der Waals surface area (Å²) < 4.78 is 65.9. The largest absolute Gasteiger partial charge is 0.389 e. The molecule has 0 fully saturated rings. The molecule has 0 spiro atoms. The minimum absolute atomic E-state index is 0.0190. The van der Waals surface area contributed by atoms with Gasteiger partial charge in [-0.15, -0.1) is 0 Å². The molecule has 0 amide bonds. The van der Waals surface area contributed by atoms with Crippen LogP contribution in [-0.4, -0.2) is 25.4 Å². The van der Waals surface area contributed by atoms with E-state index in [-0.39, 0.29) is 23.5 Å². The second-order valence-electron chi connectivity index (χ2n) is 6.34. The minimum atomic E-state index is -4.36. The van der Waals surface area contributed by atoms with Gasteiger partial charge in [-0.25, -0.2) is 8.42 Å². The summed E-state index contributed by atoms with van der Waals surface area (Å²) in [6, 6.07) is 13.5. The third-order valence-corrected chi connectivity index (χ3v) is 6.21. The summed E-state index contributed by atoms with van der Waals surface area (Å²) in [7, 11) is -3.82. The first-order valence-electron chi connectivity index (χ1n) is 7.88. The molecule has 2 aromatic rings. The molecule has 3 rings (SSSR count). The van der Waals surface area contributed by atoms with Crippen LogP contribution >= 0.6 is 0 Å².